The molecule has 1 fully saturated rings. The van der Waals surface area contributed by atoms with E-state index in [1.54, 1.807) is 12.3 Å². The minimum absolute atomic E-state index is 0.192. The van der Waals surface area contributed by atoms with Crippen LogP contribution in [0.15, 0.2) is 47.5 Å². The zero-order valence-electron chi connectivity index (χ0n) is 14.3. The van der Waals surface area contributed by atoms with E-state index in [9.17, 15) is 17.2 Å². The Morgan fingerprint density at radius 3 is 2.33 bits per heavy atom. The molecule has 0 radical (unpaired) electrons. The minimum atomic E-state index is -4.56. The Morgan fingerprint density at radius 2 is 1.81 bits per heavy atom. The van der Waals surface area contributed by atoms with Gasteiger partial charge in [0.2, 0.25) is 9.84 Å². The summed E-state index contributed by atoms with van der Waals surface area (Å²) in [6.45, 7) is 1.57. The molecule has 27 heavy (non-hydrogen) atoms. The second-order valence-electron chi connectivity index (χ2n) is 6.25. The first-order valence-corrected chi connectivity index (χ1v) is 9.94. The predicted octanol–water partition coefficient (Wildman–Crippen LogP) is 3.03. The number of rotatable bonds is 5. The summed E-state index contributed by atoms with van der Waals surface area (Å²) in [5.74, 6) is -2.59. The molecule has 9 heteroatoms. The summed E-state index contributed by atoms with van der Waals surface area (Å²) in [4.78, 5) is 6.05. The van der Waals surface area contributed by atoms with Crippen molar-refractivity contribution in [1.29, 1.82) is 5.26 Å². The molecule has 1 aliphatic rings. The largest absolute Gasteiger partial charge is 0.382 e. The number of pyridine rings is 1. The Hall–Kier alpha value is -2.73. The van der Waals surface area contributed by atoms with Crippen molar-refractivity contribution in [3.05, 3.63) is 48.2 Å². The normalized spacial score (nSPS) is 15.6. The van der Waals surface area contributed by atoms with Crippen molar-refractivity contribution in [2.45, 2.75) is 29.5 Å². The van der Waals surface area contributed by atoms with Gasteiger partial charge >= 0.3 is 5.76 Å². The van der Waals surface area contributed by atoms with Gasteiger partial charge in [0, 0.05) is 31.0 Å². The van der Waals surface area contributed by atoms with Gasteiger partial charge in [0.05, 0.1) is 10.5 Å². The van der Waals surface area contributed by atoms with E-state index in [0.717, 1.165) is 31.7 Å². The number of hydrogen-bond donors (Lipinski definition) is 1. The maximum Gasteiger partial charge on any atom is 0.341 e. The lowest BCUT2D eigenvalue weighted by molar-refractivity contribution is 0.234. The number of hydrogen-bond acceptors (Lipinski definition) is 6. The molecule has 2 aromatic rings. The Morgan fingerprint density at radius 1 is 1.15 bits per heavy atom. The highest BCUT2D eigenvalue weighted by Gasteiger charge is 2.26. The van der Waals surface area contributed by atoms with Crippen LogP contribution in [0.2, 0.25) is 0 Å². The summed E-state index contributed by atoms with van der Waals surface area (Å²) in [6.07, 6.45) is 3.24. The van der Waals surface area contributed by atoms with Crippen LogP contribution in [0.25, 0.3) is 0 Å². The van der Waals surface area contributed by atoms with Crippen LogP contribution >= 0.6 is 0 Å². The molecule has 6 nitrogen and oxygen atoms in total. The predicted molar refractivity (Wildman–Crippen MR) is 97.4 cm³/mol. The lowest BCUT2D eigenvalue weighted by Crippen LogP contribution is -2.39. The Balaban J connectivity index is 1.57. The first kappa shape index (κ1) is 19.0. The molecule has 0 bridgehead atoms. The molecule has 3 rings (SSSR count). The molecule has 142 valence electrons. The van der Waals surface area contributed by atoms with Crippen LogP contribution in [-0.2, 0) is 9.84 Å². The average Bonchev–Trinajstić information content (AvgIpc) is 2.69. The number of nitrogens with one attached hydrogen (secondary N) is 1. The van der Waals surface area contributed by atoms with Gasteiger partial charge in [-0.05, 0) is 49.2 Å². The first-order valence-electron chi connectivity index (χ1n) is 8.40. The fraction of sp³-hybridized carbons (Fsp3) is 0.333. The van der Waals surface area contributed by atoms with Crippen molar-refractivity contribution in [3.63, 3.8) is 0 Å². The van der Waals surface area contributed by atoms with Crippen molar-refractivity contribution in [3.8, 4) is 6.07 Å². The minimum Gasteiger partial charge on any atom is -0.382 e. The van der Waals surface area contributed by atoms with Gasteiger partial charge in [-0.2, -0.15) is 14.0 Å². The van der Waals surface area contributed by atoms with Gasteiger partial charge in [-0.1, -0.05) is 0 Å². The summed E-state index contributed by atoms with van der Waals surface area (Å²) >= 11 is 0. The van der Waals surface area contributed by atoms with E-state index in [2.05, 4.69) is 15.2 Å². The number of aromatic nitrogens is 1. The highest BCUT2D eigenvalue weighted by molar-refractivity contribution is 7.91. The zero-order valence-corrected chi connectivity index (χ0v) is 15.2. The van der Waals surface area contributed by atoms with Gasteiger partial charge in [0.1, 0.15) is 11.9 Å². The second-order valence-corrected chi connectivity index (χ2v) is 8.17. The van der Waals surface area contributed by atoms with Crippen molar-refractivity contribution in [1.82, 2.24) is 4.98 Å². The van der Waals surface area contributed by atoms with E-state index < -0.39 is 15.6 Å². The van der Waals surface area contributed by atoms with Crippen LogP contribution in [0.5, 0.6) is 0 Å². The van der Waals surface area contributed by atoms with E-state index in [4.69, 9.17) is 5.26 Å². The molecule has 2 heterocycles. The molecule has 0 unspecified atom stereocenters. The number of piperidine rings is 1. The van der Waals surface area contributed by atoms with Gasteiger partial charge in [-0.3, -0.25) is 0 Å². The summed E-state index contributed by atoms with van der Waals surface area (Å²) in [6, 6.07) is 11.2. The number of sulfone groups is 1. The first-order chi connectivity index (χ1) is 12.9. The van der Waals surface area contributed by atoms with Gasteiger partial charge in [0.25, 0.3) is 0 Å². The molecule has 0 spiro atoms. The quantitative estimate of drug-likeness (QED) is 0.842. The molecule has 1 aromatic carbocycles. The summed E-state index contributed by atoms with van der Waals surface area (Å²) in [5, 5.41) is 12.1. The second kappa shape index (κ2) is 7.88. The topological polar surface area (TPSA) is 86.1 Å². The van der Waals surface area contributed by atoms with E-state index in [1.165, 1.54) is 24.3 Å². The zero-order chi connectivity index (χ0) is 19.4. The van der Waals surface area contributed by atoms with Crippen molar-refractivity contribution in [2.75, 3.05) is 23.3 Å². The lowest BCUT2D eigenvalue weighted by atomic mass is 10.0. The third-order valence-corrected chi connectivity index (χ3v) is 5.88. The molecule has 0 saturated carbocycles. The molecule has 1 aromatic heterocycles. The van der Waals surface area contributed by atoms with Crippen LogP contribution < -0.4 is 10.2 Å². The summed E-state index contributed by atoms with van der Waals surface area (Å²) in [5.41, 5.74) is 1.21. The number of anilines is 2. The van der Waals surface area contributed by atoms with Crippen LogP contribution in [0.3, 0.4) is 0 Å². The number of nitrogens with zero attached hydrogens (tertiary/aromatic N) is 3. The fourth-order valence-corrected chi connectivity index (χ4v) is 3.69. The summed E-state index contributed by atoms with van der Waals surface area (Å²) in [7, 11) is -4.56. The highest BCUT2D eigenvalue weighted by atomic mass is 32.2. The van der Waals surface area contributed by atoms with E-state index in [1.807, 2.05) is 12.1 Å². The van der Waals surface area contributed by atoms with Gasteiger partial charge in [-0.25, -0.2) is 13.4 Å². The molecular formula is C18H18F2N4O2S. The number of nitriles is 1. The maximum absolute atomic E-state index is 12.6. The number of benzene rings is 1. The third-order valence-electron chi connectivity index (χ3n) is 4.48. The van der Waals surface area contributed by atoms with Crippen molar-refractivity contribution in [2.24, 2.45) is 0 Å². The van der Waals surface area contributed by atoms with Gasteiger partial charge in [0.15, 0.2) is 0 Å². The Kier molecular flexibility index (Phi) is 5.56. The van der Waals surface area contributed by atoms with Crippen LogP contribution in [0.4, 0.5) is 20.3 Å². The summed E-state index contributed by atoms with van der Waals surface area (Å²) < 4.78 is 48.0. The van der Waals surface area contributed by atoms with Gasteiger partial charge in [-0.15, -0.1) is 0 Å². The molecule has 1 N–H and O–H groups in total. The fourth-order valence-electron chi connectivity index (χ4n) is 2.97. The van der Waals surface area contributed by atoms with Crippen molar-refractivity contribution < 1.29 is 17.2 Å². The molecular weight excluding hydrogens is 374 g/mol. The standard InChI is InChI=1S/C18H18F2N4O2S/c19-18(20)27(25,26)16-4-2-14(3-5-16)23-15-7-9-24(10-8-15)17-6-1-13(11-21)12-22-17/h1-6,12,15,18,23H,7-10H2. The number of halogens is 2. The monoisotopic (exact) mass is 392 g/mol. The maximum atomic E-state index is 12.6. The lowest BCUT2D eigenvalue weighted by Gasteiger charge is -2.33. The Labute approximate surface area is 156 Å². The molecule has 1 aliphatic heterocycles. The number of alkyl halides is 2. The van der Waals surface area contributed by atoms with E-state index >= 15 is 0 Å². The van der Waals surface area contributed by atoms with Crippen LogP contribution in [0.1, 0.15) is 18.4 Å². The highest BCUT2D eigenvalue weighted by Crippen LogP contribution is 2.23. The van der Waals surface area contributed by atoms with E-state index in [-0.39, 0.29) is 10.9 Å². The third kappa shape index (κ3) is 4.34. The van der Waals surface area contributed by atoms with Crippen molar-refractivity contribution >= 4 is 21.3 Å². The molecule has 0 atom stereocenters. The van der Waals surface area contributed by atoms with Crippen LogP contribution in [0, 0.1) is 11.3 Å². The van der Waals surface area contributed by atoms with E-state index in [0.29, 0.717) is 11.3 Å². The average molecular weight is 392 g/mol. The molecule has 0 amide bonds. The molecule has 1 saturated heterocycles. The smallest absolute Gasteiger partial charge is 0.341 e. The Bertz CT molecular complexity index is 917. The van der Waals surface area contributed by atoms with Gasteiger partial charge < -0.3 is 10.2 Å². The van der Waals surface area contributed by atoms with Crippen LogP contribution in [-0.4, -0.2) is 38.3 Å². The SMILES string of the molecule is N#Cc1ccc(N2CCC(Nc3ccc(S(=O)(=O)C(F)F)cc3)CC2)nc1. The molecule has 0 aliphatic carbocycles.